The molecule has 1 amide bonds. The molecule has 1 aromatic rings. The van der Waals surface area contributed by atoms with Gasteiger partial charge in [0.2, 0.25) is 5.91 Å². The number of carbonyl (C=O) groups is 1. The summed E-state index contributed by atoms with van der Waals surface area (Å²) in [5, 5.41) is 3.15. The molecule has 4 nitrogen and oxygen atoms in total. The first-order valence-electron chi connectivity index (χ1n) is 5.37. The van der Waals surface area contributed by atoms with E-state index in [2.05, 4.69) is 5.32 Å². The second kappa shape index (κ2) is 6.83. The van der Waals surface area contributed by atoms with Crippen LogP contribution in [0.3, 0.4) is 0 Å². The van der Waals surface area contributed by atoms with Crippen molar-refractivity contribution in [1.29, 1.82) is 0 Å². The Morgan fingerprint density at radius 3 is 2.56 bits per heavy atom. The summed E-state index contributed by atoms with van der Waals surface area (Å²) in [6.45, 7) is 5.70. The van der Waals surface area contributed by atoms with E-state index in [4.69, 9.17) is 22.1 Å². The van der Waals surface area contributed by atoms with Crippen LogP contribution in [0.15, 0.2) is 18.2 Å². The fraction of sp³-hybridized carbons (Fsp3) is 0.417. The average Bonchev–Trinajstić information content (AvgIpc) is 2.21. The number of ether oxygens (including phenoxy) is 1. The van der Waals surface area contributed by atoms with Crippen molar-refractivity contribution in [1.82, 2.24) is 0 Å². The highest BCUT2D eigenvalue weighted by Crippen LogP contribution is 2.27. The molecule has 0 spiro atoms. The van der Waals surface area contributed by atoms with Gasteiger partial charge >= 0.3 is 0 Å². The number of amides is 1. The fourth-order valence-electron chi connectivity index (χ4n) is 1.14. The van der Waals surface area contributed by atoms with Crippen LogP contribution in [-0.4, -0.2) is 18.1 Å². The average molecular weight is 293 g/mol. The van der Waals surface area contributed by atoms with Gasteiger partial charge in [0.1, 0.15) is 5.75 Å². The number of nitrogens with two attached hydrogens (primary N) is 1. The summed E-state index contributed by atoms with van der Waals surface area (Å²) in [6.07, 6.45) is 0. The maximum Gasteiger partial charge on any atom is 0.243 e. The van der Waals surface area contributed by atoms with Crippen molar-refractivity contribution < 1.29 is 9.53 Å². The molecular formula is C12H18Cl2N2O2. The number of anilines is 1. The summed E-state index contributed by atoms with van der Waals surface area (Å²) in [6, 6.07) is 5.07. The lowest BCUT2D eigenvalue weighted by Gasteiger charge is -2.18. The zero-order valence-corrected chi connectivity index (χ0v) is 12.2. The zero-order valence-electron chi connectivity index (χ0n) is 10.6. The van der Waals surface area contributed by atoms with Crippen LogP contribution in [0, 0.1) is 0 Å². The van der Waals surface area contributed by atoms with Crippen molar-refractivity contribution in [2.45, 2.75) is 26.3 Å². The van der Waals surface area contributed by atoms with Crippen LogP contribution < -0.4 is 15.8 Å². The predicted molar refractivity (Wildman–Crippen MR) is 76.8 cm³/mol. The van der Waals surface area contributed by atoms with Crippen LogP contribution in [0.1, 0.15) is 20.8 Å². The zero-order chi connectivity index (χ0) is 13.1. The lowest BCUT2D eigenvalue weighted by molar-refractivity contribution is -0.120. The van der Waals surface area contributed by atoms with Crippen LogP contribution in [0.4, 0.5) is 5.69 Å². The maximum absolute atomic E-state index is 11.6. The number of hydrogen-bond acceptors (Lipinski definition) is 3. The van der Waals surface area contributed by atoms with Gasteiger partial charge in [-0.25, -0.2) is 0 Å². The van der Waals surface area contributed by atoms with E-state index in [0.717, 1.165) is 0 Å². The van der Waals surface area contributed by atoms with E-state index in [9.17, 15) is 4.79 Å². The van der Waals surface area contributed by atoms with E-state index in [-0.39, 0.29) is 18.3 Å². The number of rotatable bonds is 4. The molecule has 0 saturated heterocycles. The lowest BCUT2D eigenvalue weighted by atomic mass is 10.1. The molecule has 0 heterocycles. The molecule has 0 fully saturated rings. The van der Waals surface area contributed by atoms with Gasteiger partial charge in [0.25, 0.3) is 0 Å². The Morgan fingerprint density at radius 1 is 1.50 bits per heavy atom. The molecule has 0 saturated carbocycles. The first-order valence-corrected chi connectivity index (χ1v) is 5.75. The smallest absolute Gasteiger partial charge is 0.243 e. The molecule has 0 aromatic heterocycles. The molecular weight excluding hydrogens is 275 g/mol. The van der Waals surface area contributed by atoms with Gasteiger partial charge in [0.15, 0.2) is 0 Å². The minimum Gasteiger partial charge on any atom is -0.492 e. The first-order chi connectivity index (χ1) is 7.84. The van der Waals surface area contributed by atoms with Gasteiger partial charge in [0, 0.05) is 5.69 Å². The van der Waals surface area contributed by atoms with E-state index >= 15 is 0 Å². The Bertz CT molecular complexity index is 417. The number of nitrogens with one attached hydrogen (secondary N) is 1. The number of carbonyl (C=O) groups excluding carboxylic acids is 1. The van der Waals surface area contributed by atoms with E-state index < -0.39 is 5.54 Å². The monoisotopic (exact) mass is 292 g/mol. The highest BCUT2D eigenvalue weighted by Gasteiger charge is 2.21. The summed E-state index contributed by atoms with van der Waals surface area (Å²) in [5.74, 6) is 0.330. The third-order valence-electron chi connectivity index (χ3n) is 2.07. The Balaban J connectivity index is 0.00000289. The van der Waals surface area contributed by atoms with Crippen molar-refractivity contribution in [3.05, 3.63) is 23.2 Å². The van der Waals surface area contributed by atoms with Gasteiger partial charge in [-0.2, -0.15) is 0 Å². The van der Waals surface area contributed by atoms with Crippen molar-refractivity contribution in [3.8, 4) is 5.75 Å². The first kappa shape index (κ1) is 17.0. The second-order valence-corrected chi connectivity index (χ2v) is 4.66. The molecule has 0 aliphatic heterocycles. The molecule has 18 heavy (non-hydrogen) atoms. The van der Waals surface area contributed by atoms with Crippen LogP contribution in [0.25, 0.3) is 0 Å². The van der Waals surface area contributed by atoms with E-state index in [0.29, 0.717) is 23.1 Å². The second-order valence-electron chi connectivity index (χ2n) is 4.25. The molecule has 3 N–H and O–H groups in total. The quantitative estimate of drug-likeness (QED) is 0.897. The molecule has 6 heteroatoms. The number of benzene rings is 1. The highest BCUT2D eigenvalue weighted by atomic mass is 35.5. The summed E-state index contributed by atoms with van der Waals surface area (Å²) >= 11 is 6.00. The van der Waals surface area contributed by atoms with Crippen LogP contribution >= 0.6 is 24.0 Å². The van der Waals surface area contributed by atoms with Gasteiger partial charge < -0.3 is 15.8 Å². The Hall–Kier alpha value is -0.970. The topological polar surface area (TPSA) is 64.3 Å². The summed E-state index contributed by atoms with van der Waals surface area (Å²) in [4.78, 5) is 11.6. The lowest BCUT2D eigenvalue weighted by Crippen LogP contribution is -2.45. The van der Waals surface area contributed by atoms with Gasteiger partial charge in [-0.3, -0.25) is 4.79 Å². The minimum atomic E-state index is -0.926. The summed E-state index contributed by atoms with van der Waals surface area (Å²) in [5.41, 5.74) is 5.35. The molecule has 0 unspecified atom stereocenters. The van der Waals surface area contributed by atoms with Crippen LogP contribution in [0.5, 0.6) is 5.75 Å². The maximum atomic E-state index is 11.6. The van der Waals surface area contributed by atoms with Crippen molar-refractivity contribution >= 4 is 35.6 Å². The third-order valence-corrected chi connectivity index (χ3v) is 2.37. The van der Waals surface area contributed by atoms with Crippen molar-refractivity contribution in [3.63, 3.8) is 0 Å². The normalized spacial score (nSPS) is 10.5. The summed E-state index contributed by atoms with van der Waals surface area (Å²) < 4.78 is 5.29. The van der Waals surface area contributed by atoms with E-state index in [1.165, 1.54) is 0 Å². The van der Waals surface area contributed by atoms with Crippen LogP contribution in [-0.2, 0) is 4.79 Å². The highest BCUT2D eigenvalue weighted by molar-refractivity contribution is 6.32. The fourth-order valence-corrected chi connectivity index (χ4v) is 1.38. The standard InChI is InChI=1S/C12H17ClN2O2.ClH/c1-4-17-10-6-5-8(7-9(10)13)15-11(16)12(2,3)14;/h5-7H,4,14H2,1-3H3,(H,15,16);1H. The Kier molecular flexibility index (Phi) is 6.46. The largest absolute Gasteiger partial charge is 0.492 e. The molecule has 0 radical (unpaired) electrons. The van der Waals surface area contributed by atoms with Gasteiger partial charge in [0.05, 0.1) is 17.2 Å². The molecule has 0 bridgehead atoms. The van der Waals surface area contributed by atoms with Gasteiger partial charge in [-0.1, -0.05) is 11.6 Å². The van der Waals surface area contributed by atoms with E-state index in [1.807, 2.05) is 6.92 Å². The molecule has 0 atom stereocenters. The number of hydrogen-bond donors (Lipinski definition) is 2. The molecule has 1 rings (SSSR count). The molecule has 0 aliphatic carbocycles. The predicted octanol–water partition coefficient (Wildman–Crippen LogP) is 2.84. The SMILES string of the molecule is CCOc1ccc(NC(=O)C(C)(C)N)cc1Cl.Cl. The van der Waals surface area contributed by atoms with Crippen molar-refractivity contribution in [2.75, 3.05) is 11.9 Å². The molecule has 1 aromatic carbocycles. The van der Waals surface area contributed by atoms with E-state index in [1.54, 1.807) is 32.0 Å². The van der Waals surface area contributed by atoms with Crippen LogP contribution in [0.2, 0.25) is 5.02 Å². The number of halogens is 2. The Morgan fingerprint density at radius 2 is 2.11 bits per heavy atom. The molecule has 0 aliphatic rings. The minimum absolute atomic E-state index is 0. The van der Waals surface area contributed by atoms with Gasteiger partial charge in [-0.15, -0.1) is 12.4 Å². The van der Waals surface area contributed by atoms with Gasteiger partial charge in [-0.05, 0) is 39.0 Å². The molecule has 102 valence electrons. The summed E-state index contributed by atoms with van der Waals surface area (Å²) in [7, 11) is 0. The third kappa shape index (κ3) is 4.72. The Labute approximate surface area is 118 Å². The van der Waals surface area contributed by atoms with Crippen molar-refractivity contribution in [2.24, 2.45) is 5.73 Å².